The van der Waals surface area contributed by atoms with Crippen LogP contribution in [0.4, 0.5) is 0 Å². The molecule has 2 aliphatic carbocycles. The molecule has 3 nitrogen and oxygen atoms in total. The summed E-state index contributed by atoms with van der Waals surface area (Å²) < 4.78 is 0. The van der Waals surface area contributed by atoms with Gasteiger partial charge in [-0.25, -0.2) is 0 Å². The molecule has 0 amide bonds. The lowest BCUT2D eigenvalue weighted by atomic mass is 9.60. The molecule has 1 saturated heterocycles. The molecular weight excluding hydrogens is 286 g/mol. The lowest BCUT2D eigenvalue weighted by Gasteiger charge is -2.55. The molecule has 1 saturated carbocycles. The Labute approximate surface area is 138 Å². The largest absolute Gasteiger partial charge is 0.508 e. The van der Waals surface area contributed by atoms with Gasteiger partial charge in [-0.05, 0) is 67.8 Å². The fraction of sp³-hybridized carbons (Fsp3) is 0.600. The molecule has 23 heavy (non-hydrogen) atoms. The number of phenolic OH excluding ortho intramolecular Hbond substituents is 1. The van der Waals surface area contributed by atoms with Crippen LogP contribution in [0.5, 0.6) is 5.75 Å². The van der Waals surface area contributed by atoms with E-state index < -0.39 is 0 Å². The van der Waals surface area contributed by atoms with Crippen LogP contribution in [0.25, 0.3) is 0 Å². The van der Waals surface area contributed by atoms with Gasteiger partial charge < -0.3 is 10.2 Å². The lowest BCUT2D eigenvalue weighted by molar-refractivity contribution is -0.0649. The number of aliphatic hydroxyl groups is 1. The molecule has 3 aliphatic rings. The zero-order chi connectivity index (χ0) is 16.0. The van der Waals surface area contributed by atoms with Crippen LogP contribution < -0.4 is 0 Å². The molecule has 2 fully saturated rings. The number of aliphatic hydroxyl groups excluding tert-OH is 1. The highest BCUT2D eigenvalue weighted by Crippen LogP contribution is 2.48. The summed E-state index contributed by atoms with van der Waals surface area (Å²) in [5, 5.41) is 21.2. The summed E-state index contributed by atoms with van der Waals surface area (Å²) in [5.74, 6) is 1.13. The maximum Gasteiger partial charge on any atom is 0.115 e. The van der Waals surface area contributed by atoms with Gasteiger partial charge in [0.1, 0.15) is 5.75 Å². The van der Waals surface area contributed by atoms with Crippen LogP contribution in [0.2, 0.25) is 0 Å². The molecule has 0 spiro atoms. The Kier molecular flexibility index (Phi) is 3.73. The van der Waals surface area contributed by atoms with Crippen LogP contribution in [0.15, 0.2) is 30.9 Å². The zero-order valence-corrected chi connectivity index (χ0v) is 13.7. The van der Waals surface area contributed by atoms with Crippen LogP contribution >= 0.6 is 0 Å². The highest BCUT2D eigenvalue weighted by Gasteiger charge is 2.52. The van der Waals surface area contributed by atoms with Crippen molar-refractivity contribution in [3.8, 4) is 5.75 Å². The Hall–Kier alpha value is -1.32. The summed E-state index contributed by atoms with van der Waals surface area (Å²) in [6, 6.07) is 5.92. The molecule has 1 aliphatic heterocycles. The molecular formula is C20H27NO2. The predicted octanol–water partition coefficient (Wildman–Crippen LogP) is 3.00. The van der Waals surface area contributed by atoms with Gasteiger partial charge in [0.05, 0.1) is 6.10 Å². The lowest BCUT2D eigenvalue weighted by Crippen LogP contribution is -2.63. The van der Waals surface area contributed by atoms with Crippen molar-refractivity contribution in [1.29, 1.82) is 0 Å². The van der Waals surface area contributed by atoms with E-state index in [1.165, 1.54) is 24.8 Å². The predicted molar refractivity (Wildman–Crippen MR) is 91.6 cm³/mol. The summed E-state index contributed by atoms with van der Waals surface area (Å²) >= 11 is 0. The minimum absolute atomic E-state index is 0.210. The van der Waals surface area contributed by atoms with Crippen molar-refractivity contribution in [1.82, 2.24) is 4.90 Å². The van der Waals surface area contributed by atoms with Gasteiger partial charge in [-0.1, -0.05) is 18.6 Å². The van der Waals surface area contributed by atoms with Crippen molar-refractivity contribution in [2.24, 2.45) is 5.92 Å². The van der Waals surface area contributed by atoms with Gasteiger partial charge in [-0.3, -0.25) is 4.90 Å². The average molecular weight is 313 g/mol. The maximum atomic E-state index is 11.2. The first-order valence-electron chi connectivity index (χ1n) is 8.99. The summed E-state index contributed by atoms with van der Waals surface area (Å²) in [5.41, 5.74) is 2.16. The fourth-order valence-electron chi connectivity index (χ4n) is 5.01. The highest BCUT2D eigenvalue weighted by molar-refractivity contribution is 5.45. The molecule has 3 heteroatoms. The number of likely N-dealkylation sites (tertiary alicyclic amines) is 1. The van der Waals surface area contributed by atoms with Crippen LogP contribution in [0, 0.1) is 5.92 Å². The Morgan fingerprint density at radius 3 is 2.87 bits per heavy atom. The first-order valence-corrected chi connectivity index (χ1v) is 8.99. The normalized spacial score (nSPS) is 33.8. The third kappa shape index (κ3) is 2.33. The minimum atomic E-state index is -0.372. The number of allylic oxidation sites excluding steroid dienone is 1. The van der Waals surface area contributed by atoms with Gasteiger partial charge >= 0.3 is 0 Å². The van der Waals surface area contributed by atoms with Crippen LogP contribution in [0.3, 0.4) is 0 Å². The van der Waals surface area contributed by atoms with E-state index in [4.69, 9.17) is 0 Å². The number of piperidine rings is 1. The smallest absolute Gasteiger partial charge is 0.115 e. The molecule has 2 bridgehead atoms. The Morgan fingerprint density at radius 1 is 1.35 bits per heavy atom. The van der Waals surface area contributed by atoms with E-state index in [2.05, 4.69) is 11.5 Å². The molecule has 1 heterocycles. The minimum Gasteiger partial charge on any atom is -0.508 e. The molecule has 1 aromatic carbocycles. The number of benzene rings is 1. The van der Waals surface area contributed by atoms with E-state index in [9.17, 15) is 10.2 Å². The zero-order valence-electron chi connectivity index (χ0n) is 13.7. The number of phenols is 1. The third-order valence-corrected chi connectivity index (χ3v) is 6.53. The number of aromatic hydroxyl groups is 1. The Morgan fingerprint density at radius 2 is 2.17 bits per heavy atom. The number of hydrogen-bond acceptors (Lipinski definition) is 3. The maximum absolute atomic E-state index is 11.2. The average Bonchev–Trinajstić information content (AvgIpc) is 2.48. The van der Waals surface area contributed by atoms with Gasteiger partial charge in [0.15, 0.2) is 0 Å². The van der Waals surface area contributed by atoms with Crippen molar-refractivity contribution in [3.05, 3.63) is 42.0 Å². The molecule has 0 aromatic heterocycles. The van der Waals surface area contributed by atoms with Crippen molar-refractivity contribution < 1.29 is 10.2 Å². The summed E-state index contributed by atoms with van der Waals surface area (Å²) in [4.78, 5) is 2.53. The number of fused-ring (bicyclic) bond motifs is 4. The molecule has 0 radical (unpaired) electrons. The van der Waals surface area contributed by atoms with Gasteiger partial charge in [0.25, 0.3) is 0 Å². The van der Waals surface area contributed by atoms with Gasteiger partial charge in [0, 0.05) is 18.0 Å². The highest BCUT2D eigenvalue weighted by atomic mass is 16.3. The first-order chi connectivity index (χ1) is 11.1. The van der Waals surface area contributed by atoms with Crippen molar-refractivity contribution in [3.63, 3.8) is 0 Å². The number of nitrogens with zero attached hydrogens (tertiary/aromatic N) is 1. The second-order valence-electron chi connectivity index (χ2n) is 7.75. The van der Waals surface area contributed by atoms with Gasteiger partial charge in [-0.2, -0.15) is 0 Å². The van der Waals surface area contributed by atoms with E-state index in [1.807, 2.05) is 18.2 Å². The van der Waals surface area contributed by atoms with Gasteiger partial charge in [0.2, 0.25) is 0 Å². The quantitative estimate of drug-likeness (QED) is 0.840. The third-order valence-electron chi connectivity index (χ3n) is 6.53. The van der Waals surface area contributed by atoms with Gasteiger partial charge in [-0.15, -0.1) is 6.58 Å². The SMILES string of the molecule is C=CCC12CCN(CC3CCC3)C(Cc3ccc(O)cc31)[C@@H]2O. The van der Waals surface area contributed by atoms with Crippen LogP contribution in [-0.2, 0) is 11.8 Å². The first kappa shape index (κ1) is 15.2. The van der Waals surface area contributed by atoms with Crippen LogP contribution in [0.1, 0.15) is 43.2 Å². The van der Waals surface area contributed by atoms with Crippen molar-refractivity contribution in [2.45, 2.75) is 56.1 Å². The van der Waals surface area contributed by atoms with Crippen LogP contribution in [-0.4, -0.2) is 40.3 Å². The Balaban J connectivity index is 1.71. The number of hydrogen-bond donors (Lipinski definition) is 2. The standard InChI is InChI=1S/C20H27NO2/c1-2-8-20-9-10-21(13-14-4-3-5-14)18(19(20)23)11-15-6-7-16(22)12-17(15)20/h2,6-7,12,14,18-19,22-23H,1,3-5,8-11,13H2/t18?,19-,20?/m0/s1. The van der Waals surface area contributed by atoms with E-state index in [-0.39, 0.29) is 17.6 Å². The second-order valence-corrected chi connectivity index (χ2v) is 7.75. The summed E-state index contributed by atoms with van der Waals surface area (Å²) in [7, 11) is 0. The second kappa shape index (κ2) is 5.64. The molecule has 4 rings (SSSR count). The summed E-state index contributed by atoms with van der Waals surface area (Å²) in [6.07, 6.45) is 8.24. The Bertz CT molecular complexity index is 610. The topological polar surface area (TPSA) is 43.7 Å². The molecule has 3 atom stereocenters. The molecule has 1 aromatic rings. The van der Waals surface area contributed by atoms with E-state index in [1.54, 1.807) is 6.07 Å². The molecule has 124 valence electrons. The van der Waals surface area contributed by atoms with Crippen molar-refractivity contribution >= 4 is 0 Å². The van der Waals surface area contributed by atoms with E-state index in [0.29, 0.717) is 5.75 Å². The van der Waals surface area contributed by atoms with E-state index >= 15 is 0 Å². The summed E-state index contributed by atoms with van der Waals surface area (Å²) in [6.45, 7) is 6.11. The molecule has 2 N–H and O–H groups in total. The van der Waals surface area contributed by atoms with E-state index in [0.717, 1.165) is 43.8 Å². The fourth-order valence-corrected chi connectivity index (χ4v) is 5.01. The number of rotatable bonds is 4. The molecule has 2 unspecified atom stereocenters. The monoisotopic (exact) mass is 313 g/mol. The van der Waals surface area contributed by atoms with Crippen molar-refractivity contribution in [2.75, 3.05) is 13.1 Å².